The van der Waals surface area contributed by atoms with Crippen LogP contribution in [0.1, 0.15) is 32.3 Å². The summed E-state index contributed by atoms with van der Waals surface area (Å²) in [6.07, 6.45) is -0.426. The van der Waals surface area contributed by atoms with Crippen molar-refractivity contribution in [2.45, 2.75) is 32.3 Å². The van der Waals surface area contributed by atoms with Gasteiger partial charge in [0.05, 0.1) is 5.69 Å². The highest BCUT2D eigenvalue weighted by molar-refractivity contribution is 6.19. The van der Waals surface area contributed by atoms with Crippen LogP contribution < -0.4 is 10.2 Å². The Morgan fingerprint density at radius 2 is 2.16 bits per heavy atom. The molecule has 25 heavy (non-hydrogen) atoms. The lowest BCUT2D eigenvalue weighted by molar-refractivity contribution is 0.0582. The van der Waals surface area contributed by atoms with Crippen LogP contribution in [-0.2, 0) is 4.74 Å². The molecule has 0 radical (unpaired) electrons. The van der Waals surface area contributed by atoms with E-state index in [1.807, 2.05) is 46.0 Å². The summed E-state index contributed by atoms with van der Waals surface area (Å²) in [5, 5.41) is 15.3. The molecule has 1 atom stereocenters. The molecule has 1 aliphatic heterocycles. The number of phenols is 1. The Hall–Kier alpha value is -2.14. The molecule has 0 aromatic heterocycles. The number of phenolic OH excluding ortho intramolecular Hbond substituents is 1. The van der Waals surface area contributed by atoms with Gasteiger partial charge in [0.25, 0.3) is 0 Å². The molecule has 1 amide bonds. The Balaban J connectivity index is 2.18. The van der Waals surface area contributed by atoms with Gasteiger partial charge in [0.1, 0.15) is 11.4 Å². The third kappa shape index (κ3) is 3.09. The van der Waals surface area contributed by atoms with E-state index in [9.17, 15) is 9.90 Å². The number of nitrogens with one attached hydrogen (secondary N) is 1. The molecule has 5 nitrogen and oxygen atoms in total. The Labute approximate surface area is 152 Å². The highest BCUT2D eigenvalue weighted by Crippen LogP contribution is 2.47. The van der Waals surface area contributed by atoms with Gasteiger partial charge < -0.3 is 15.2 Å². The monoisotopic (exact) mass is 362 g/mol. The fourth-order valence-corrected chi connectivity index (χ4v) is 3.61. The zero-order valence-corrected chi connectivity index (χ0v) is 15.6. The first-order chi connectivity index (χ1) is 11.8. The first-order valence-electron chi connectivity index (χ1n) is 8.29. The van der Waals surface area contributed by atoms with Crippen molar-refractivity contribution in [2.24, 2.45) is 0 Å². The third-order valence-electron chi connectivity index (χ3n) is 4.33. The molecular formula is C19H23ClN2O3. The van der Waals surface area contributed by atoms with Crippen molar-refractivity contribution < 1.29 is 14.6 Å². The highest BCUT2D eigenvalue weighted by atomic mass is 35.5. The number of carbonyl (C=O) groups excluding carboxylic acids is 1. The lowest BCUT2D eigenvalue weighted by Crippen LogP contribution is -2.36. The fourth-order valence-electron chi connectivity index (χ4n) is 3.36. The van der Waals surface area contributed by atoms with Crippen molar-refractivity contribution in [1.29, 1.82) is 0 Å². The number of amides is 1. The average molecular weight is 363 g/mol. The molecule has 3 rings (SSSR count). The number of halogens is 1. The van der Waals surface area contributed by atoms with E-state index in [1.165, 1.54) is 0 Å². The molecule has 1 unspecified atom stereocenters. The summed E-state index contributed by atoms with van der Waals surface area (Å²) in [4.78, 5) is 14.2. The van der Waals surface area contributed by atoms with Crippen LogP contribution in [0.5, 0.6) is 5.75 Å². The van der Waals surface area contributed by atoms with Crippen LogP contribution in [0.2, 0.25) is 0 Å². The Morgan fingerprint density at radius 3 is 2.76 bits per heavy atom. The number of hydrogen-bond acceptors (Lipinski definition) is 4. The lowest BCUT2D eigenvalue weighted by Gasteiger charge is -2.25. The molecule has 2 aromatic rings. The number of hydrogen-bond donors (Lipinski definition) is 2. The molecule has 1 aliphatic rings. The predicted octanol–water partition coefficient (Wildman–Crippen LogP) is 4.66. The van der Waals surface area contributed by atoms with Crippen molar-refractivity contribution in [3.8, 4) is 5.75 Å². The maximum atomic E-state index is 12.6. The normalized spacial score (nSPS) is 16.8. The number of fused-ring (bicyclic) bond motifs is 3. The van der Waals surface area contributed by atoms with E-state index in [1.54, 1.807) is 11.0 Å². The Bertz CT molecular complexity index is 830. The van der Waals surface area contributed by atoms with Gasteiger partial charge in [0, 0.05) is 42.5 Å². The molecule has 0 aliphatic carbocycles. The number of rotatable bonds is 2. The van der Waals surface area contributed by atoms with E-state index in [-0.39, 0.29) is 11.7 Å². The molecule has 1 heterocycles. The predicted molar refractivity (Wildman–Crippen MR) is 102 cm³/mol. The quantitative estimate of drug-likeness (QED) is 0.762. The number of aromatic hydroxyl groups is 1. The number of carbonyl (C=O) groups is 1. The van der Waals surface area contributed by atoms with Gasteiger partial charge in [-0.25, -0.2) is 4.79 Å². The van der Waals surface area contributed by atoms with Gasteiger partial charge in [-0.05, 0) is 37.8 Å². The second kappa shape index (κ2) is 6.30. The molecule has 0 spiro atoms. The summed E-state index contributed by atoms with van der Waals surface area (Å²) in [6, 6.07) is 7.42. The van der Waals surface area contributed by atoms with E-state index in [0.717, 1.165) is 22.0 Å². The standard InChI is InChI=1S/C19H23ClN2O3/c1-19(2,3)25-18(24)22-10-11(9-20)16-12-6-5-7-13(21-4)17(12)15(23)8-14(16)22/h5-8,11,21,23H,9-10H2,1-4H3. The van der Waals surface area contributed by atoms with Gasteiger partial charge >= 0.3 is 6.09 Å². The van der Waals surface area contributed by atoms with Crippen LogP contribution >= 0.6 is 11.6 Å². The number of alkyl halides is 1. The minimum absolute atomic E-state index is 0.0145. The second-order valence-electron chi connectivity index (χ2n) is 7.25. The lowest BCUT2D eigenvalue weighted by atomic mass is 9.94. The van der Waals surface area contributed by atoms with Gasteiger partial charge in [-0.15, -0.1) is 11.6 Å². The first-order valence-corrected chi connectivity index (χ1v) is 8.83. The molecule has 2 N–H and O–H groups in total. The molecule has 0 saturated heterocycles. The van der Waals surface area contributed by atoms with Gasteiger partial charge in [-0.1, -0.05) is 12.1 Å². The number of nitrogens with zero attached hydrogens (tertiary/aromatic N) is 1. The smallest absolute Gasteiger partial charge is 0.414 e. The van der Waals surface area contributed by atoms with Gasteiger partial charge in [-0.3, -0.25) is 4.90 Å². The second-order valence-corrected chi connectivity index (χ2v) is 7.56. The summed E-state index contributed by atoms with van der Waals surface area (Å²) >= 11 is 6.20. The zero-order valence-electron chi connectivity index (χ0n) is 14.9. The van der Waals surface area contributed by atoms with E-state index in [0.29, 0.717) is 18.1 Å². The largest absolute Gasteiger partial charge is 0.507 e. The first kappa shape index (κ1) is 17.7. The minimum atomic E-state index is -0.589. The molecule has 2 aromatic carbocycles. The summed E-state index contributed by atoms with van der Waals surface area (Å²) in [7, 11) is 1.81. The van der Waals surface area contributed by atoms with E-state index in [2.05, 4.69) is 5.32 Å². The van der Waals surface area contributed by atoms with Crippen molar-refractivity contribution in [3.63, 3.8) is 0 Å². The summed E-state index contributed by atoms with van der Waals surface area (Å²) in [5.41, 5.74) is 1.89. The highest BCUT2D eigenvalue weighted by Gasteiger charge is 2.36. The number of benzene rings is 2. The number of ether oxygens (including phenoxy) is 1. The van der Waals surface area contributed by atoms with Crippen LogP contribution in [0.15, 0.2) is 24.3 Å². The Kier molecular flexibility index (Phi) is 4.45. The molecular weight excluding hydrogens is 340 g/mol. The third-order valence-corrected chi connectivity index (χ3v) is 4.70. The van der Waals surface area contributed by atoms with Crippen LogP contribution in [0.25, 0.3) is 10.8 Å². The molecule has 134 valence electrons. The summed E-state index contributed by atoms with van der Waals surface area (Å²) < 4.78 is 5.52. The average Bonchev–Trinajstić information content (AvgIpc) is 2.91. The van der Waals surface area contributed by atoms with E-state index in [4.69, 9.17) is 16.3 Å². The van der Waals surface area contributed by atoms with Gasteiger partial charge in [0.2, 0.25) is 0 Å². The number of anilines is 2. The van der Waals surface area contributed by atoms with Crippen molar-refractivity contribution >= 4 is 39.8 Å². The van der Waals surface area contributed by atoms with E-state index >= 15 is 0 Å². The maximum absolute atomic E-state index is 12.6. The Morgan fingerprint density at radius 1 is 1.44 bits per heavy atom. The molecule has 6 heteroatoms. The molecule has 0 bridgehead atoms. The van der Waals surface area contributed by atoms with Crippen molar-refractivity contribution in [1.82, 2.24) is 0 Å². The molecule has 0 fully saturated rings. The minimum Gasteiger partial charge on any atom is -0.507 e. The topological polar surface area (TPSA) is 61.8 Å². The van der Waals surface area contributed by atoms with Crippen LogP contribution in [0.3, 0.4) is 0 Å². The van der Waals surface area contributed by atoms with Crippen molar-refractivity contribution in [2.75, 3.05) is 29.7 Å². The van der Waals surface area contributed by atoms with Crippen molar-refractivity contribution in [3.05, 3.63) is 29.8 Å². The molecule has 0 saturated carbocycles. The van der Waals surface area contributed by atoms with Gasteiger partial charge in [-0.2, -0.15) is 0 Å². The summed E-state index contributed by atoms with van der Waals surface area (Å²) in [6.45, 7) is 5.93. The van der Waals surface area contributed by atoms with Crippen LogP contribution in [-0.4, -0.2) is 36.3 Å². The van der Waals surface area contributed by atoms with Crippen LogP contribution in [0.4, 0.5) is 16.2 Å². The zero-order chi connectivity index (χ0) is 18.4. The SMILES string of the molecule is CNc1cccc2c3c(cc(O)c12)N(C(=O)OC(C)(C)C)CC3CCl. The fraction of sp³-hybridized carbons (Fsp3) is 0.421. The van der Waals surface area contributed by atoms with Gasteiger partial charge in [0.15, 0.2) is 0 Å². The maximum Gasteiger partial charge on any atom is 0.414 e. The van der Waals surface area contributed by atoms with E-state index < -0.39 is 11.7 Å². The summed E-state index contributed by atoms with van der Waals surface area (Å²) in [5.74, 6) is 0.498. The van der Waals surface area contributed by atoms with Crippen LogP contribution in [0, 0.1) is 0 Å².